The molecule has 2 fully saturated rings. The summed E-state index contributed by atoms with van der Waals surface area (Å²) in [5.41, 5.74) is 3.09. The third kappa shape index (κ3) is 6.62. The van der Waals surface area contributed by atoms with Crippen LogP contribution in [-0.4, -0.2) is 86.3 Å². The fourth-order valence-electron chi connectivity index (χ4n) is 7.84. The Labute approximate surface area is 252 Å². The van der Waals surface area contributed by atoms with Gasteiger partial charge in [-0.1, -0.05) is 20.8 Å². The Hall–Kier alpha value is -2.55. The van der Waals surface area contributed by atoms with E-state index in [0.29, 0.717) is 17.6 Å². The largest absolute Gasteiger partial charge is 0.462 e. The lowest BCUT2D eigenvalue weighted by molar-refractivity contribution is -0.262. The Balaban J connectivity index is 2.47. The van der Waals surface area contributed by atoms with Crippen molar-refractivity contribution in [1.82, 2.24) is 0 Å². The van der Waals surface area contributed by atoms with E-state index < -0.39 is 93.4 Å². The molecule has 0 radical (unpaired) electrons. The molecule has 3 aliphatic carbocycles. The molecule has 3 rings (SSSR count). The first-order valence-electron chi connectivity index (χ1n) is 14.3. The van der Waals surface area contributed by atoms with E-state index in [2.05, 4.69) is 0 Å². The molecule has 2 bridgehead atoms. The Morgan fingerprint density at radius 2 is 1.40 bits per heavy atom. The van der Waals surface area contributed by atoms with Crippen molar-refractivity contribution in [3.63, 3.8) is 0 Å². The Morgan fingerprint density at radius 3 is 1.86 bits per heavy atom. The summed E-state index contributed by atoms with van der Waals surface area (Å²) in [6, 6.07) is 0. The van der Waals surface area contributed by atoms with E-state index >= 15 is 0 Å². The summed E-state index contributed by atoms with van der Waals surface area (Å²) in [7, 11) is -4.13. The fraction of sp³-hybridized carbons (Fsp3) is 0.793. The predicted octanol–water partition coefficient (Wildman–Crippen LogP) is 1.54. The van der Waals surface area contributed by atoms with Crippen LogP contribution < -0.4 is 5.73 Å². The minimum Gasteiger partial charge on any atom is -0.462 e. The van der Waals surface area contributed by atoms with Gasteiger partial charge in [0.2, 0.25) is 0 Å². The Morgan fingerprint density at radius 1 is 0.860 bits per heavy atom. The summed E-state index contributed by atoms with van der Waals surface area (Å²) >= 11 is 0. The van der Waals surface area contributed by atoms with Crippen LogP contribution in [0.1, 0.15) is 74.7 Å². The number of nitrogens with two attached hydrogens (primary N) is 1. The van der Waals surface area contributed by atoms with Crippen molar-refractivity contribution in [2.45, 2.75) is 111 Å². The summed E-state index contributed by atoms with van der Waals surface area (Å²) < 4.78 is 53.6. The van der Waals surface area contributed by atoms with Gasteiger partial charge in [0.15, 0.2) is 12.2 Å². The van der Waals surface area contributed by atoms with Crippen molar-refractivity contribution >= 4 is 34.0 Å². The molecule has 0 aromatic heterocycles. The molecule has 0 amide bonds. The predicted molar refractivity (Wildman–Crippen MR) is 151 cm³/mol. The minimum atomic E-state index is -4.13. The maximum absolute atomic E-state index is 12.7. The Bertz CT molecular complexity index is 1290. The lowest BCUT2D eigenvalue weighted by Crippen LogP contribution is -2.73. The molecule has 14 heteroatoms. The van der Waals surface area contributed by atoms with Crippen LogP contribution in [0.2, 0.25) is 0 Å². The highest BCUT2D eigenvalue weighted by atomic mass is 32.2. The average molecular weight is 632 g/mol. The van der Waals surface area contributed by atoms with Gasteiger partial charge in [-0.05, 0) is 42.2 Å². The van der Waals surface area contributed by atoms with Gasteiger partial charge in [-0.3, -0.25) is 23.4 Å². The second-order valence-electron chi connectivity index (χ2n) is 12.9. The minimum absolute atomic E-state index is 0.137. The van der Waals surface area contributed by atoms with Crippen molar-refractivity contribution in [3.8, 4) is 0 Å². The van der Waals surface area contributed by atoms with Crippen LogP contribution in [-0.2, 0) is 52.4 Å². The quantitative estimate of drug-likeness (QED) is 0.178. The van der Waals surface area contributed by atoms with E-state index in [1.807, 2.05) is 13.8 Å². The van der Waals surface area contributed by atoms with Gasteiger partial charge in [0.05, 0.1) is 11.7 Å². The van der Waals surface area contributed by atoms with Crippen molar-refractivity contribution in [2.75, 3.05) is 12.8 Å². The molecule has 0 unspecified atom stereocenters. The second-order valence-corrected chi connectivity index (χ2v) is 14.5. The molecule has 3 aliphatic rings. The fourth-order valence-corrected chi connectivity index (χ4v) is 8.51. The number of rotatable bonds is 7. The number of hydrogen-bond acceptors (Lipinski definition) is 13. The van der Waals surface area contributed by atoms with E-state index in [1.165, 1.54) is 27.7 Å². The van der Waals surface area contributed by atoms with Crippen LogP contribution in [0.25, 0.3) is 0 Å². The number of ether oxygens (including phenoxy) is 4. The van der Waals surface area contributed by atoms with E-state index in [0.717, 1.165) is 6.26 Å². The Kier molecular flexibility index (Phi) is 9.82. The number of carbonyl (C=O) groups excluding carboxylic acids is 4. The lowest BCUT2D eigenvalue weighted by Gasteiger charge is -2.63. The molecule has 13 nitrogen and oxygen atoms in total. The number of fused-ring (bicyclic) bond motifs is 3. The first-order chi connectivity index (χ1) is 19.6. The highest BCUT2D eigenvalue weighted by Crippen LogP contribution is 2.62. The molecule has 3 N–H and O–H groups in total. The smallest absolute Gasteiger partial charge is 0.303 e. The van der Waals surface area contributed by atoms with Crippen LogP contribution in [0.3, 0.4) is 0 Å². The molecular formula is C29H45NO12S. The third-order valence-electron chi connectivity index (χ3n) is 9.67. The zero-order chi connectivity index (χ0) is 32.9. The molecule has 9 atom stereocenters. The maximum Gasteiger partial charge on any atom is 0.303 e. The van der Waals surface area contributed by atoms with Crippen molar-refractivity contribution in [2.24, 2.45) is 28.4 Å². The van der Waals surface area contributed by atoms with Crippen LogP contribution in [0, 0.1) is 22.7 Å². The second kappa shape index (κ2) is 12.1. The van der Waals surface area contributed by atoms with Gasteiger partial charge in [-0.15, -0.1) is 0 Å². The zero-order valence-electron chi connectivity index (χ0n) is 26.3. The maximum atomic E-state index is 12.7. The summed E-state index contributed by atoms with van der Waals surface area (Å²) in [6.07, 6.45) is -5.00. The van der Waals surface area contributed by atoms with Crippen molar-refractivity contribution in [1.29, 1.82) is 0 Å². The van der Waals surface area contributed by atoms with Gasteiger partial charge in [0, 0.05) is 46.6 Å². The van der Waals surface area contributed by atoms with E-state index in [1.54, 1.807) is 13.8 Å². The number of carbonyl (C=O) groups is 4. The van der Waals surface area contributed by atoms with Crippen molar-refractivity contribution in [3.05, 3.63) is 11.1 Å². The van der Waals surface area contributed by atoms with Gasteiger partial charge in [0.1, 0.15) is 23.9 Å². The standard InChI is InChI=1S/C29H45NO12S/c1-14-20(38-15(2)31)10-19-11-21-28(8,26(41-18(5)34)25(40-17(4)33)24(14)27(19,6)7)22(39-16(3)32)12-23(29(21,35)13-30)42-43(9,36)37/h19-23,25-26,35H,10-13,30H2,1-9H3/t19-,20-,21-,22-,23-,25+,26-,28-,29+/m0/s1. The molecule has 0 saturated heterocycles. The van der Waals surface area contributed by atoms with Crippen LogP contribution in [0.4, 0.5) is 0 Å². The van der Waals surface area contributed by atoms with Gasteiger partial charge in [-0.25, -0.2) is 0 Å². The van der Waals surface area contributed by atoms with E-state index in [-0.39, 0.29) is 18.8 Å². The third-order valence-corrected chi connectivity index (χ3v) is 10.2. The van der Waals surface area contributed by atoms with Gasteiger partial charge < -0.3 is 29.8 Å². The summed E-state index contributed by atoms with van der Waals surface area (Å²) in [5, 5.41) is 12.4. The average Bonchev–Trinajstić information content (AvgIpc) is 2.83. The van der Waals surface area contributed by atoms with E-state index in [4.69, 9.17) is 28.9 Å². The molecule has 244 valence electrons. The number of hydrogen-bond donors (Lipinski definition) is 2. The van der Waals surface area contributed by atoms with Gasteiger partial charge in [-0.2, -0.15) is 8.42 Å². The topological polar surface area (TPSA) is 195 Å². The van der Waals surface area contributed by atoms with Crippen molar-refractivity contribution < 1.29 is 55.8 Å². The molecule has 0 aromatic carbocycles. The summed E-state index contributed by atoms with van der Waals surface area (Å²) in [4.78, 5) is 50.0. The lowest BCUT2D eigenvalue weighted by atomic mass is 9.47. The molecule has 43 heavy (non-hydrogen) atoms. The molecule has 0 aliphatic heterocycles. The highest BCUT2D eigenvalue weighted by molar-refractivity contribution is 7.86. The summed E-state index contributed by atoms with van der Waals surface area (Å²) in [6.45, 7) is 11.6. The molecule has 0 heterocycles. The normalized spacial score (nSPS) is 37.2. The molecular weight excluding hydrogens is 586 g/mol. The van der Waals surface area contributed by atoms with E-state index in [9.17, 15) is 32.7 Å². The van der Waals surface area contributed by atoms with Crippen LogP contribution in [0.15, 0.2) is 11.1 Å². The first-order valence-corrected chi connectivity index (χ1v) is 16.1. The molecule has 0 spiro atoms. The zero-order valence-corrected chi connectivity index (χ0v) is 27.1. The first kappa shape index (κ1) is 34.9. The SMILES string of the molecule is CC(=O)O[C@H]1C[C@H]2C[C@@H]3[C@](O)(CN)[C@@H](OS(C)(=O)=O)C[C@H](OC(C)=O)[C@@]3(C)[C@@H](OC(C)=O)[C@H](OC(C)=O)C(=C1C)C2(C)C. The van der Waals surface area contributed by atoms with Crippen LogP contribution >= 0.6 is 0 Å². The monoisotopic (exact) mass is 631 g/mol. The summed E-state index contributed by atoms with van der Waals surface area (Å²) in [5.74, 6) is -4.09. The molecule has 0 aromatic rings. The number of esters is 4. The van der Waals surface area contributed by atoms with Gasteiger partial charge in [0.25, 0.3) is 10.1 Å². The number of aliphatic hydroxyl groups is 1. The highest BCUT2D eigenvalue weighted by Gasteiger charge is 2.69. The molecule has 2 saturated carbocycles. The van der Waals surface area contributed by atoms with Crippen LogP contribution in [0.5, 0.6) is 0 Å². The van der Waals surface area contributed by atoms with Gasteiger partial charge >= 0.3 is 23.9 Å².